The molecule has 1 fully saturated rings. The lowest BCUT2D eigenvalue weighted by atomic mass is 10.2. The van der Waals surface area contributed by atoms with Gasteiger partial charge >= 0.3 is 0 Å². The number of hydrogen-bond acceptors (Lipinski definition) is 1. The first-order valence-electron chi connectivity index (χ1n) is 5.26. The minimum Gasteiger partial charge on any atom is -0.298 e. The molecule has 1 aliphatic rings. The van der Waals surface area contributed by atoms with Crippen LogP contribution in [0.4, 0.5) is 0 Å². The topological polar surface area (TPSA) is 3.24 Å². The van der Waals surface area contributed by atoms with Crippen molar-refractivity contribution in [2.24, 2.45) is 5.92 Å². The Labute approximate surface area is 108 Å². The van der Waals surface area contributed by atoms with Crippen molar-refractivity contribution in [1.82, 2.24) is 4.90 Å². The number of hydrogen-bond donors (Lipinski definition) is 0. The first-order chi connectivity index (χ1) is 7.16. The lowest BCUT2D eigenvalue weighted by molar-refractivity contribution is 0.320. The highest BCUT2D eigenvalue weighted by Gasteiger charge is 2.27. The van der Waals surface area contributed by atoms with Crippen molar-refractivity contribution in [1.29, 1.82) is 0 Å². The van der Waals surface area contributed by atoms with E-state index in [0.717, 1.165) is 19.0 Å². The summed E-state index contributed by atoms with van der Waals surface area (Å²) in [6, 6.07) is 8.47. The van der Waals surface area contributed by atoms with Crippen LogP contribution in [0.2, 0.25) is 0 Å². The average Bonchev–Trinajstić information content (AvgIpc) is 2.50. The van der Waals surface area contributed by atoms with E-state index in [9.17, 15) is 0 Å². The van der Waals surface area contributed by atoms with E-state index in [4.69, 9.17) is 0 Å². The lowest BCUT2D eigenvalue weighted by Crippen LogP contribution is -2.20. The van der Waals surface area contributed by atoms with Crippen molar-refractivity contribution in [3.05, 3.63) is 34.3 Å². The number of likely N-dealkylation sites (tertiary alicyclic amines) is 1. The predicted molar refractivity (Wildman–Crippen MR) is 71.3 cm³/mol. The Morgan fingerprint density at radius 3 is 2.67 bits per heavy atom. The molecule has 0 aliphatic carbocycles. The van der Waals surface area contributed by atoms with E-state index in [0.29, 0.717) is 4.83 Å². The molecule has 82 valence electrons. The third-order valence-electron chi connectivity index (χ3n) is 2.95. The second-order valence-corrected chi connectivity index (χ2v) is 6.31. The van der Waals surface area contributed by atoms with Gasteiger partial charge in [-0.3, -0.25) is 4.90 Å². The number of benzene rings is 1. The Kier molecular flexibility index (Phi) is 3.86. The van der Waals surface area contributed by atoms with Gasteiger partial charge in [-0.15, -0.1) is 0 Å². The van der Waals surface area contributed by atoms with Crippen LogP contribution in [0.15, 0.2) is 28.7 Å². The zero-order valence-corrected chi connectivity index (χ0v) is 12.0. The summed E-state index contributed by atoms with van der Waals surface area (Å²) < 4.78 is 1.22. The van der Waals surface area contributed by atoms with E-state index in [1.807, 2.05) is 0 Å². The predicted octanol–water partition coefficient (Wildman–Crippen LogP) is 3.66. The highest BCUT2D eigenvalue weighted by molar-refractivity contribution is 9.10. The van der Waals surface area contributed by atoms with Gasteiger partial charge in [-0.25, -0.2) is 0 Å². The molecule has 2 atom stereocenters. The molecule has 0 aromatic heterocycles. The Morgan fingerprint density at radius 2 is 2.07 bits per heavy atom. The summed E-state index contributed by atoms with van der Waals surface area (Å²) in [4.78, 5) is 3.16. The van der Waals surface area contributed by atoms with Crippen LogP contribution in [0.25, 0.3) is 0 Å². The SMILES string of the molecule is CC1CN(Cc2ccccc2Br)CC1Br. The normalized spacial score (nSPS) is 27.1. The molecule has 0 bridgehead atoms. The van der Waals surface area contributed by atoms with Crippen LogP contribution in [0.1, 0.15) is 12.5 Å². The van der Waals surface area contributed by atoms with Crippen molar-refractivity contribution < 1.29 is 0 Å². The van der Waals surface area contributed by atoms with Gasteiger partial charge in [-0.2, -0.15) is 0 Å². The summed E-state index contributed by atoms with van der Waals surface area (Å²) >= 11 is 7.32. The first kappa shape index (κ1) is 11.6. The molecule has 1 heterocycles. The summed E-state index contributed by atoms with van der Waals surface area (Å²) in [5.74, 6) is 0.757. The molecule has 0 saturated carbocycles. The molecule has 1 aromatic carbocycles. The molecule has 0 amide bonds. The maximum Gasteiger partial charge on any atom is 0.0311 e. The van der Waals surface area contributed by atoms with Crippen molar-refractivity contribution >= 4 is 31.9 Å². The fourth-order valence-electron chi connectivity index (χ4n) is 2.02. The second kappa shape index (κ2) is 4.98. The van der Waals surface area contributed by atoms with E-state index in [1.54, 1.807) is 0 Å². The van der Waals surface area contributed by atoms with Crippen LogP contribution < -0.4 is 0 Å². The van der Waals surface area contributed by atoms with Crippen LogP contribution in [-0.2, 0) is 6.54 Å². The van der Waals surface area contributed by atoms with Gasteiger partial charge in [0.15, 0.2) is 0 Å². The van der Waals surface area contributed by atoms with E-state index >= 15 is 0 Å². The van der Waals surface area contributed by atoms with Crippen LogP contribution in [0.3, 0.4) is 0 Å². The van der Waals surface area contributed by atoms with E-state index < -0.39 is 0 Å². The Morgan fingerprint density at radius 1 is 1.33 bits per heavy atom. The summed E-state index contributed by atoms with van der Waals surface area (Å²) in [6.07, 6.45) is 0. The Balaban J connectivity index is 2.01. The molecule has 0 N–H and O–H groups in total. The van der Waals surface area contributed by atoms with Crippen LogP contribution in [0.5, 0.6) is 0 Å². The van der Waals surface area contributed by atoms with Crippen molar-refractivity contribution in [2.75, 3.05) is 13.1 Å². The first-order valence-corrected chi connectivity index (χ1v) is 6.97. The van der Waals surface area contributed by atoms with Gasteiger partial charge in [0.2, 0.25) is 0 Å². The average molecular weight is 333 g/mol. The van der Waals surface area contributed by atoms with Gasteiger partial charge in [-0.05, 0) is 17.5 Å². The summed E-state index contributed by atoms with van der Waals surface area (Å²) in [5, 5.41) is 0. The van der Waals surface area contributed by atoms with Crippen LogP contribution in [0, 0.1) is 5.92 Å². The maximum atomic E-state index is 3.72. The van der Waals surface area contributed by atoms with Gasteiger partial charge in [-0.1, -0.05) is 57.0 Å². The van der Waals surface area contributed by atoms with Gasteiger partial charge in [0.05, 0.1) is 0 Å². The maximum absolute atomic E-state index is 3.72. The minimum absolute atomic E-state index is 0.653. The molecule has 1 nitrogen and oxygen atoms in total. The fraction of sp³-hybridized carbons (Fsp3) is 0.500. The van der Waals surface area contributed by atoms with Crippen LogP contribution >= 0.6 is 31.9 Å². The van der Waals surface area contributed by atoms with E-state index in [-0.39, 0.29) is 0 Å². The molecule has 3 heteroatoms. The fourth-order valence-corrected chi connectivity index (χ4v) is 3.01. The standard InChI is InChI=1S/C12H15Br2N/c1-9-6-15(8-12(9)14)7-10-4-2-3-5-11(10)13/h2-5,9,12H,6-8H2,1H3. The molecule has 0 radical (unpaired) electrons. The van der Waals surface area contributed by atoms with Crippen molar-refractivity contribution in [3.63, 3.8) is 0 Å². The molecule has 1 aromatic rings. The smallest absolute Gasteiger partial charge is 0.0311 e. The number of alkyl halides is 1. The van der Waals surface area contributed by atoms with Gasteiger partial charge < -0.3 is 0 Å². The van der Waals surface area contributed by atoms with Gasteiger partial charge in [0, 0.05) is 28.9 Å². The number of nitrogens with zero attached hydrogens (tertiary/aromatic N) is 1. The monoisotopic (exact) mass is 331 g/mol. The minimum atomic E-state index is 0.653. The second-order valence-electron chi connectivity index (χ2n) is 4.28. The molecular formula is C12H15Br2N. The largest absolute Gasteiger partial charge is 0.298 e. The third kappa shape index (κ3) is 2.83. The van der Waals surface area contributed by atoms with Crippen LogP contribution in [-0.4, -0.2) is 22.8 Å². The highest BCUT2D eigenvalue weighted by Crippen LogP contribution is 2.26. The highest BCUT2D eigenvalue weighted by atomic mass is 79.9. The molecule has 1 saturated heterocycles. The zero-order valence-electron chi connectivity index (χ0n) is 8.79. The molecule has 2 unspecified atom stereocenters. The van der Waals surface area contributed by atoms with Crippen molar-refractivity contribution in [2.45, 2.75) is 18.3 Å². The lowest BCUT2D eigenvalue weighted by Gasteiger charge is -2.16. The number of halogens is 2. The molecular weight excluding hydrogens is 318 g/mol. The summed E-state index contributed by atoms with van der Waals surface area (Å²) in [6.45, 7) is 5.70. The van der Waals surface area contributed by atoms with Gasteiger partial charge in [0.1, 0.15) is 0 Å². The molecule has 0 spiro atoms. The quantitative estimate of drug-likeness (QED) is 0.747. The van der Waals surface area contributed by atoms with E-state index in [2.05, 4.69) is 67.9 Å². The Hall–Kier alpha value is 0.140. The van der Waals surface area contributed by atoms with Gasteiger partial charge in [0.25, 0.3) is 0 Å². The zero-order chi connectivity index (χ0) is 10.8. The van der Waals surface area contributed by atoms with E-state index in [1.165, 1.54) is 16.6 Å². The molecule has 2 rings (SSSR count). The third-order valence-corrected chi connectivity index (χ3v) is 4.91. The summed E-state index contributed by atoms with van der Waals surface area (Å²) in [5.41, 5.74) is 1.38. The summed E-state index contributed by atoms with van der Waals surface area (Å²) in [7, 11) is 0. The van der Waals surface area contributed by atoms with Crippen molar-refractivity contribution in [3.8, 4) is 0 Å². The molecule has 1 aliphatic heterocycles. The Bertz CT molecular complexity index is 330. The molecule has 15 heavy (non-hydrogen) atoms. The number of rotatable bonds is 2.